The molecule has 0 heterocycles. The number of benzene rings is 1. The maximum atomic E-state index is 13.1. The Balaban J connectivity index is 0.00000256. The lowest BCUT2D eigenvalue weighted by Crippen LogP contribution is -2.40. The molecule has 0 bridgehead atoms. The van der Waals surface area contributed by atoms with Crippen LogP contribution in [0.25, 0.3) is 0 Å². The van der Waals surface area contributed by atoms with Gasteiger partial charge in [0.2, 0.25) is 0 Å². The van der Waals surface area contributed by atoms with E-state index in [1.807, 2.05) is 0 Å². The van der Waals surface area contributed by atoms with E-state index in [1.165, 1.54) is 25.3 Å². The summed E-state index contributed by atoms with van der Waals surface area (Å²) in [4.78, 5) is 10.3. The first kappa shape index (κ1) is 15.6. The Hall–Kier alpha value is -1.40. The zero-order chi connectivity index (χ0) is 12.3. The predicted octanol–water partition coefficient (Wildman–Crippen LogP) is 1.84. The number of aliphatic carboxylic acids is 1. The van der Waals surface area contributed by atoms with E-state index in [1.54, 1.807) is 6.07 Å². The van der Waals surface area contributed by atoms with Gasteiger partial charge in [-0.15, -0.1) is 12.4 Å². The van der Waals surface area contributed by atoms with Crippen molar-refractivity contribution in [1.29, 1.82) is 0 Å². The summed E-state index contributed by atoms with van der Waals surface area (Å²) in [7, 11) is 1.37. The third kappa shape index (κ3) is 3.28. The summed E-state index contributed by atoms with van der Waals surface area (Å²) in [6.45, 7) is 0. The van der Waals surface area contributed by atoms with Gasteiger partial charge in [-0.05, 0) is 17.7 Å². The van der Waals surface area contributed by atoms with Crippen LogP contribution < -0.4 is 10.5 Å². The second-order valence-electron chi connectivity index (χ2n) is 3.18. The van der Waals surface area contributed by atoms with Crippen molar-refractivity contribution in [3.8, 4) is 5.75 Å². The highest BCUT2D eigenvalue weighted by atomic mass is 35.5. The van der Waals surface area contributed by atoms with E-state index in [2.05, 4.69) is 0 Å². The van der Waals surface area contributed by atoms with E-state index in [0.717, 1.165) is 0 Å². The second-order valence-corrected chi connectivity index (χ2v) is 3.18. The molecule has 1 rings (SSSR count). The third-order valence-electron chi connectivity index (χ3n) is 2.13. The smallest absolute Gasteiger partial charge is 0.376 e. The quantitative estimate of drug-likeness (QED) is 0.873. The van der Waals surface area contributed by atoms with Gasteiger partial charge >= 0.3 is 11.9 Å². The van der Waals surface area contributed by atoms with Gasteiger partial charge in [0.15, 0.2) is 0 Å². The number of hydrogen-bond donors (Lipinski definition) is 2. The minimum atomic E-state index is -4.01. The van der Waals surface area contributed by atoms with E-state index in [0.29, 0.717) is 5.75 Å². The molecule has 17 heavy (non-hydrogen) atoms. The Morgan fingerprint density at radius 2 is 2.12 bits per heavy atom. The standard InChI is InChI=1S/C10H11F2NO3.ClH/c1-16-7-4-2-3-6(5-7)8(13)10(11,12)9(14)15;/h2-5,8H,13H2,1H3,(H,14,15);1H/t8-;/m0./s1. The summed E-state index contributed by atoms with van der Waals surface area (Å²) in [5, 5.41) is 8.34. The lowest BCUT2D eigenvalue weighted by atomic mass is 10.0. The summed E-state index contributed by atoms with van der Waals surface area (Å²) < 4.78 is 31.0. The van der Waals surface area contributed by atoms with Crippen molar-refractivity contribution < 1.29 is 23.4 Å². The number of rotatable bonds is 4. The molecule has 1 aromatic carbocycles. The number of ether oxygens (including phenoxy) is 1. The average molecular weight is 268 g/mol. The molecule has 0 saturated heterocycles. The highest BCUT2D eigenvalue weighted by Crippen LogP contribution is 2.30. The van der Waals surface area contributed by atoms with Crippen molar-refractivity contribution in [2.45, 2.75) is 12.0 Å². The van der Waals surface area contributed by atoms with Crippen LogP contribution in [0.3, 0.4) is 0 Å². The van der Waals surface area contributed by atoms with Crippen LogP contribution >= 0.6 is 12.4 Å². The van der Waals surface area contributed by atoms with Gasteiger partial charge < -0.3 is 15.6 Å². The summed E-state index contributed by atoms with van der Waals surface area (Å²) in [6, 6.07) is 3.72. The van der Waals surface area contributed by atoms with Crippen LogP contribution in [0.2, 0.25) is 0 Å². The largest absolute Gasteiger partial charge is 0.497 e. The zero-order valence-corrected chi connectivity index (χ0v) is 9.71. The molecule has 4 nitrogen and oxygen atoms in total. The van der Waals surface area contributed by atoms with Crippen molar-refractivity contribution in [2.75, 3.05) is 7.11 Å². The van der Waals surface area contributed by atoms with Crippen LogP contribution in [0, 0.1) is 0 Å². The Morgan fingerprint density at radius 3 is 2.59 bits per heavy atom. The van der Waals surface area contributed by atoms with Crippen molar-refractivity contribution in [1.82, 2.24) is 0 Å². The van der Waals surface area contributed by atoms with Crippen molar-refractivity contribution in [3.63, 3.8) is 0 Å². The minimum absolute atomic E-state index is 0. The fourth-order valence-electron chi connectivity index (χ4n) is 1.18. The Bertz CT molecular complexity index is 401. The lowest BCUT2D eigenvalue weighted by molar-refractivity contribution is -0.168. The van der Waals surface area contributed by atoms with Crippen LogP contribution in [-0.2, 0) is 4.79 Å². The predicted molar refractivity (Wildman–Crippen MR) is 59.8 cm³/mol. The first-order valence-corrected chi connectivity index (χ1v) is 4.40. The zero-order valence-electron chi connectivity index (χ0n) is 8.89. The third-order valence-corrected chi connectivity index (χ3v) is 2.13. The van der Waals surface area contributed by atoms with Gasteiger partial charge in [-0.25, -0.2) is 4.79 Å². The van der Waals surface area contributed by atoms with Crippen molar-refractivity contribution in [2.24, 2.45) is 5.73 Å². The summed E-state index contributed by atoms with van der Waals surface area (Å²) in [5.74, 6) is -5.91. The number of carbonyl (C=O) groups is 1. The Kier molecular flexibility index (Phi) is 5.31. The maximum absolute atomic E-state index is 13.1. The monoisotopic (exact) mass is 267 g/mol. The molecule has 0 aliphatic heterocycles. The molecular weight excluding hydrogens is 256 g/mol. The molecule has 0 amide bonds. The van der Waals surface area contributed by atoms with Gasteiger partial charge in [0.1, 0.15) is 11.8 Å². The van der Waals surface area contributed by atoms with Crippen LogP contribution in [0.1, 0.15) is 11.6 Å². The average Bonchev–Trinajstić information content (AvgIpc) is 2.27. The van der Waals surface area contributed by atoms with E-state index in [4.69, 9.17) is 15.6 Å². The van der Waals surface area contributed by atoms with Gasteiger partial charge in [-0.1, -0.05) is 12.1 Å². The fraction of sp³-hybridized carbons (Fsp3) is 0.300. The number of halogens is 3. The van der Waals surface area contributed by atoms with E-state index in [9.17, 15) is 13.6 Å². The van der Waals surface area contributed by atoms with Gasteiger partial charge in [-0.2, -0.15) is 8.78 Å². The maximum Gasteiger partial charge on any atom is 0.376 e. The first-order chi connectivity index (χ1) is 7.39. The number of carboxylic acids is 1. The summed E-state index contributed by atoms with van der Waals surface area (Å²) >= 11 is 0. The van der Waals surface area contributed by atoms with Gasteiger partial charge in [0.25, 0.3) is 0 Å². The highest BCUT2D eigenvalue weighted by molar-refractivity contribution is 5.85. The number of hydrogen-bond acceptors (Lipinski definition) is 3. The normalized spacial score (nSPS) is 12.5. The summed E-state index contributed by atoms with van der Waals surface area (Å²) in [5.41, 5.74) is 5.22. The van der Waals surface area contributed by atoms with E-state index < -0.39 is 17.9 Å². The molecule has 96 valence electrons. The minimum Gasteiger partial charge on any atom is -0.497 e. The van der Waals surface area contributed by atoms with Crippen LogP contribution in [0.15, 0.2) is 24.3 Å². The molecule has 7 heteroatoms. The topological polar surface area (TPSA) is 72.5 Å². The number of carboxylic acid groups (broad SMARTS) is 1. The van der Waals surface area contributed by atoms with E-state index >= 15 is 0 Å². The molecule has 0 aliphatic rings. The van der Waals surface area contributed by atoms with Gasteiger partial charge in [0.05, 0.1) is 7.11 Å². The molecule has 0 aliphatic carbocycles. The van der Waals surface area contributed by atoms with Crippen LogP contribution in [0.4, 0.5) is 8.78 Å². The molecule has 1 atom stereocenters. The number of nitrogens with two attached hydrogens (primary N) is 1. The molecule has 0 radical (unpaired) electrons. The fourth-order valence-corrected chi connectivity index (χ4v) is 1.18. The number of methoxy groups -OCH3 is 1. The Morgan fingerprint density at radius 1 is 1.53 bits per heavy atom. The van der Waals surface area contributed by atoms with E-state index in [-0.39, 0.29) is 18.0 Å². The summed E-state index contributed by atoms with van der Waals surface area (Å²) in [6.07, 6.45) is 0. The molecule has 3 N–H and O–H groups in total. The first-order valence-electron chi connectivity index (χ1n) is 4.40. The molecule has 1 aromatic rings. The second kappa shape index (κ2) is 5.79. The Labute approximate surface area is 103 Å². The van der Waals surface area contributed by atoms with Gasteiger partial charge in [-0.3, -0.25) is 0 Å². The molecule has 0 aromatic heterocycles. The molecular formula is C10H12ClF2NO3. The SMILES string of the molecule is COc1cccc([C@H](N)C(F)(F)C(=O)O)c1.Cl. The van der Waals surface area contributed by atoms with Crippen LogP contribution in [-0.4, -0.2) is 24.1 Å². The number of alkyl halides is 2. The van der Waals surface area contributed by atoms with Crippen molar-refractivity contribution in [3.05, 3.63) is 29.8 Å². The lowest BCUT2D eigenvalue weighted by Gasteiger charge is -2.19. The molecule has 0 unspecified atom stereocenters. The molecule has 0 spiro atoms. The molecule has 0 fully saturated rings. The molecule has 0 saturated carbocycles. The highest BCUT2D eigenvalue weighted by Gasteiger charge is 2.46. The van der Waals surface area contributed by atoms with Gasteiger partial charge in [0, 0.05) is 0 Å². The van der Waals surface area contributed by atoms with Crippen LogP contribution in [0.5, 0.6) is 5.75 Å². The van der Waals surface area contributed by atoms with Crippen molar-refractivity contribution >= 4 is 18.4 Å².